The molecule has 0 spiro atoms. The highest BCUT2D eigenvalue weighted by atomic mass is 16.6. The summed E-state index contributed by atoms with van der Waals surface area (Å²) in [5.41, 5.74) is 0.462. The number of hydrogen-bond acceptors (Lipinski definition) is 4. The van der Waals surface area contributed by atoms with Crippen molar-refractivity contribution in [3.8, 4) is 6.07 Å². The summed E-state index contributed by atoms with van der Waals surface area (Å²) in [7, 11) is 0. The zero-order valence-electron chi connectivity index (χ0n) is 10.9. The Labute approximate surface area is 107 Å². The van der Waals surface area contributed by atoms with Crippen molar-refractivity contribution in [3.05, 3.63) is 33.9 Å². The van der Waals surface area contributed by atoms with Crippen LogP contribution in [0.25, 0.3) is 0 Å². The molecule has 0 radical (unpaired) electrons. The number of nitrogens with one attached hydrogen (secondary N) is 1. The molecule has 18 heavy (non-hydrogen) atoms. The molecule has 0 bridgehead atoms. The number of nitriles is 1. The van der Waals surface area contributed by atoms with Gasteiger partial charge in [0.25, 0.3) is 5.69 Å². The van der Waals surface area contributed by atoms with Crippen LogP contribution in [0.4, 0.5) is 11.4 Å². The predicted molar refractivity (Wildman–Crippen MR) is 70.4 cm³/mol. The van der Waals surface area contributed by atoms with Crippen LogP contribution in [0.1, 0.15) is 39.2 Å². The van der Waals surface area contributed by atoms with Gasteiger partial charge in [0, 0.05) is 17.3 Å². The molecule has 0 amide bonds. The molecule has 0 saturated heterocycles. The summed E-state index contributed by atoms with van der Waals surface area (Å²) in [4.78, 5) is 10.3. The molecular formula is C13H17N3O2. The molecule has 0 aliphatic carbocycles. The van der Waals surface area contributed by atoms with Gasteiger partial charge in [0.2, 0.25) is 0 Å². The minimum Gasteiger partial charge on any atom is -0.380 e. The maximum atomic E-state index is 10.9. The summed E-state index contributed by atoms with van der Waals surface area (Å²) in [5.74, 6) is 0. The van der Waals surface area contributed by atoms with E-state index in [1.165, 1.54) is 12.1 Å². The van der Waals surface area contributed by atoms with Crippen LogP contribution < -0.4 is 5.32 Å². The van der Waals surface area contributed by atoms with E-state index in [2.05, 4.69) is 12.2 Å². The summed E-state index contributed by atoms with van der Waals surface area (Å²) >= 11 is 0. The fourth-order valence-electron chi connectivity index (χ4n) is 1.93. The van der Waals surface area contributed by atoms with Crippen LogP contribution in [0.3, 0.4) is 0 Å². The van der Waals surface area contributed by atoms with Gasteiger partial charge in [-0.25, -0.2) is 0 Å². The van der Waals surface area contributed by atoms with Crippen molar-refractivity contribution in [2.45, 2.75) is 39.2 Å². The SMILES string of the molecule is CCCC(C)(C)Nc1ccc(C#N)c([N+](=O)[O-])c1. The van der Waals surface area contributed by atoms with E-state index in [0.29, 0.717) is 5.69 Å². The van der Waals surface area contributed by atoms with E-state index >= 15 is 0 Å². The molecule has 0 fully saturated rings. The van der Waals surface area contributed by atoms with Crippen molar-refractivity contribution in [1.29, 1.82) is 5.26 Å². The van der Waals surface area contributed by atoms with Gasteiger partial charge >= 0.3 is 0 Å². The molecule has 0 heterocycles. The molecule has 1 N–H and O–H groups in total. The van der Waals surface area contributed by atoms with E-state index in [1.54, 1.807) is 6.07 Å². The lowest BCUT2D eigenvalue weighted by atomic mass is 9.98. The zero-order valence-corrected chi connectivity index (χ0v) is 10.9. The van der Waals surface area contributed by atoms with Gasteiger partial charge in [-0.3, -0.25) is 10.1 Å². The monoisotopic (exact) mass is 247 g/mol. The van der Waals surface area contributed by atoms with Crippen LogP contribution in [0.2, 0.25) is 0 Å². The molecule has 0 aromatic heterocycles. The molecule has 1 rings (SSSR count). The van der Waals surface area contributed by atoms with E-state index in [0.717, 1.165) is 12.8 Å². The van der Waals surface area contributed by atoms with E-state index in [1.807, 2.05) is 19.9 Å². The molecule has 5 heteroatoms. The lowest BCUT2D eigenvalue weighted by molar-refractivity contribution is -0.385. The summed E-state index contributed by atoms with van der Waals surface area (Å²) in [6.07, 6.45) is 1.99. The summed E-state index contributed by atoms with van der Waals surface area (Å²) in [6.45, 7) is 6.17. The minimum atomic E-state index is -0.531. The smallest absolute Gasteiger partial charge is 0.289 e. The lowest BCUT2D eigenvalue weighted by Crippen LogP contribution is -2.30. The predicted octanol–water partition coefficient (Wildman–Crippen LogP) is 3.46. The highest BCUT2D eigenvalue weighted by Gasteiger charge is 2.19. The fraction of sp³-hybridized carbons (Fsp3) is 0.462. The van der Waals surface area contributed by atoms with Crippen LogP contribution in [0, 0.1) is 21.4 Å². The number of hydrogen-bond donors (Lipinski definition) is 1. The lowest BCUT2D eigenvalue weighted by Gasteiger charge is -2.27. The van der Waals surface area contributed by atoms with Crippen molar-refractivity contribution >= 4 is 11.4 Å². The first-order valence-corrected chi connectivity index (χ1v) is 5.86. The summed E-state index contributed by atoms with van der Waals surface area (Å²) in [5, 5.41) is 22.9. The maximum absolute atomic E-state index is 10.9. The van der Waals surface area contributed by atoms with Crippen LogP contribution in [-0.4, -0.2) is 10.5 Å². The first-order valence-electron chi connectivity index (χ1n) is 5.86. The Kier molecular flexibility index (Phi) is 4.27. The standard InChI is InChI=1S/C13H17N3O2/c1-4-7-13(2,3)15-11-6-5-10(9-14)12(8-11)16(17)18/h5-6,8,15H,4,7H2,1-3H3. The van der Waals surface area contributed by atoms with Crippen LogP contribution in [0.15, 0.2) is 18.2 Å². The number of nitro benzene ring substituents is 1. The van der Waals surface area contributed by atoms with Gasteiger partial charge < -0.3 is 5.32 Å². The van der Waals surface area contributed by atoms with E-state index < -0.39 is 4.92 Å². The fourth-order valence-corrected chi connectivity index (χ4v) is 1.93. The molecule has 0 unspecified atom stereocenters. The molecule has 96 valence electrons. The van der Waals surface area contributed by atoms with E-state index in [-0.39, 0.29) is 16.8 Å². The Morgan fingerprint density at radius 1 is 1.50 bits per heavy atom. The van der Waals surface area contributed by atoms with Gasteiger partial charge in [0.05, 0.1) is 4.92 Å². The molecule has 0 aliphatic rings. The highest BCUT2D eigenvalue weighted by Crippen LogP contribution is 2.26. The molecule has 5 nitrogen and oxygen atoms in total. The summed E-state index contributed by atoms with van der Waals surface area (Å²) in [6, 6.07) is 6.41. The second kappa shape index (κ2) is 5.50. The molecule has 0 atom stereocenters. The van der Waals surface area contributed by atoms with Crippen molar-refractivity contribution in [2.24, 2.45) is 0 Å². The number of anilines is 1. The first-order chi connectivity index (χ1) is 8.39. The molecule has 0 saturated carbocycles. The average Bonchev–Trinajstić information content (AvgIpc) is 2.28. The largest absolute Gasteiger partial charge is 0.380 e. The zero-order chi connectivity index (χ0) is 13.8. The first kappa shape index (κ1) is 14.0. The van der Waals surface area contributed by atoms with Crippen LogP contribution >= 0.6 is 0 Å². The maximum Gasteiger partial charge on any atom is 0.289 e. The number of benzene rings is 1. The van der Waals surface area contributed by atoms with Gasteiger partial charge in [-0.1, -0.05) is 13.3 Å². The molecule has 0 aliphatic heterocycles. The van der Waals surface area contributed by atoms with Gasteiger partial charge in [-0.15, -0.1) is 0 Å². The number of nitrogens with zero attached hydrogens (tertiary/aromatic N) is 2. The van der Waals surface area contributed by atoms with Crippen molar-refractivity contribution in [3.63, 3.8) is 0 Å². The van der Waals surface area contributed by atoms with Crippen LogP contribution in [-0.2, 0) is 0 Å². The Morgan fingerprint density at radius 2 is 2.17 bits per heavy atom. The third-order valence-corrected chi connectivity index (χ3v) is 2.67. The van der Waals surface area contributed by atoms with E-state index in [4.69, 9.17) is 5.26 Å². The van der Waals surface area contributed by atoms with Crippen molar-refractivity contribution < 1.29 is 4.92 Å². The van der Waals surface area contributed by atoms with Gasteiger partial charge in [-0.2, -0.15) is 5.26 Å². The van der Waals surface area contributed by atoms with Gasteiger partial charge in [0.15, 0.2) is 0 Å². The van der Waals surface area contributed by atoms with Crippen LogP contribution in [0.5, 0.6) is 0 Å². The average molecular weight is 247 g/mol. The summed E-state index contributed by atoms with van der Waals surface area (Å²) < 4.78 is 0. The van der Waals surface area contributed by atoms with Crippen molar-refractivity contribution in [1.82, 2.24) is 0 Å². The molecule has 1 aromatic rings. The Balaban J connectivity index is 3.03. The third-order valence-electron chi connectivity index (χ3n) is 2.67. The Bertz CT molecular complexity index is 489. The number of rotatable bonds is 5. The topological polar surface area (TPSA) is 79.0 Å². The normalized spacial score (nSPS) is 10.8. The Hall–Kier alpha value is -2.09. The minimum absolute atomic E-state index is 0.0823. The van der Waals surface area contributed by atoms with Gasteiger partial charge in [-0.05, 0) is 32.4 Å². The van der Waals surface area contributed by atoms with Gasteiger partial charge in [0.1, 0.15) is 11.6 Å². The second-order valence-corrected chi connectivity index (χ2v) is 4.86. The Morgan fingerprint density at radius 3 is 2.67 bits per heavy atom. The second-order valence-electron chi connectivity index (χ2n) is 4.86. The molecule has 1 aromatic carbocycles. The van der Waals surface area contributed by atoms with E-state index in [9.17, 15) is 10.1 Å². The van der Waals surface area contributed by atoms with Crippen molar-refractivity contribution in [2.75, 3.05) is 5.32 Å². The number of nitro groups is 1. The quantitative estimate of drug-likeness (QED) is 0.638. The molecular weight excluding hydrogens is 230 g/mol. The highest BCUT2D eigenvalue weighted by molar-refractivity contribution is 5.59. The third kappa shape index (κ3) is 3.45.